The summed E-state index contributed by atoms with van der Waals surface area (Å²) < 4.78 is 1.23. The van der Waals surface area contributed by atoms with E-state index in [1.54, 1.807) is 23.1 Å². The maximum atomic E-state index is 13.0. The molecule has 1 amide bonds. The molecule has 25 heavy (non-hydrogen) atoms. The van der Waals surface area contributed by atoms with Gasteiger partial charge in [0, 0.05) is 23.9 Å². The number of thiazole rings is 1. The highest BCUT2D eigenvalue weighted by molar-refractivity contribution is 7.98. The highest BCUT2D eigenvalue weighted by Crippen LogP contribution is 2.34. The Morgan fingerprint density at radius 3 is 2.84 bits per heavy atom. The number of piperidine rings is 1. The number of carbonyl (C=O) groups is 1. The predicted octanol–water partition coefficient (Wildman–Crippen LogP) is 5.04. The fourth-order valence-corrected chi connectivity index (χ4v) is 5.10. The molecule has 1 atom stereocenters. The number of benzene rings is 2. The third-order valence-corrected chi connectivity index (χ3v) is 6.70. The van der Waals surface area contributed by atoms with Gasteiger partial charge >= 0.3 is 0 Å². The zero-order chi connectivity index (χ0) is 17.2. The van der Waals surface area contributed by atoms with Crippen LogP contribution in [0.4, 0.5) is 0 Å². The van der Waals surface area contributed by atoms with E-state index in [0.29, 0.717) is 5.92 Å². The molecule has 3 nitrogen and oxygen atoms in total. The second-order valence-corrected chi connectivity index (χ2v) is 8.22. The van der Waals surface area contributed by atoms with Crippen LogP contribution in [0, 0.1) is 0 Å². The fourth-order valence-electron chi connectivity index (χ4n) is 3.42. The molecule has 1 saturated heterocycles. The number of likely N-dealkylation sites (tertiary alicyclic amines) is 1. The highest BCUT2D eigenvalue weighted by Gasteiger charge is 2.28. The van der Waals surface area contributed by atoms with Crippen LogP contribution in [0.25, 0.3) is 10.2 Å². The first-order valence-electron chi connectivity index (χ1n) is 8.54. The zero-order valence-corrected chi connectivity index (χ0v) is 15.8. The first-order chi connectivity index (χ1) is 12.3. The average molecular weight is 369 g/mol. The van der Waals surface area contributed by atoms with Crippen LogP contribution in [0.2, 0.25) is 0 Å². The Labute approximate surface area is 156 Å². The van der Waals surface area contributed by atoms with Gasteiger partial charge in [0.25, 0.3) is 5.91 Å². The highest BCUT2D eigenvalue weighted by atomic mass is 32.2. The third kappa shape index (κ3) is 3.31. The van der Waals surface area contributed by atoms with Crippen LogP contribution in [0.5, 0.6) is 0 Å². The number of thioether (sulfide) groups is 1. The second kappa shape index (κ2) is 7.18. The minimum Gasteiger partial charge on any atom is -0.338 e. The number of hydrogen-bond acceptors (Lipinski definition) is 4. The van der Waals surface area contributed by atoms with E-state index in [9.17, 15) is 4.79 Å². The lowest BCUT2D eigenvalue weighted by Gasteiger charge is -2.32. The van der Waals surface area contributed by atoms with Crippen molar-refractivity contribution in [1.82, 2.24) is 9.88 Å². The van der Waals surface area contributed by atoms with Gasteiger partial charge in [0.2, 0.25) is 0 Å². The van der Waals surface area contributed by atoms with E-state index in [4.69, 9.17) is 4.98 Å². The van der Waals surface area contributed by atoms with Crippen molar-refractivity contribution >= 4 is 39.2 Å². The number of fused-ring (bicyclic) bond motifs is 1. The van der Waals surface area contributed by atoms with Gasteiger partial charge in [-0.1, -0.05) is 24.3 Å². The number of aromatic nitrogens is 1. The molecule has 0 bridgehead atoms. The summed E-state index contributed by atoms with van der Waals surface area (Å²) >= 11 is 3.40. The maximum absolute atomic E-state index is 13.0. The van der Waals surface area contributed by atoms with Gasteiger partial charge in [-0.25, -0.2) is 4.98 Å². The summed E-state index contributed by atoms with van der Waals surface area (Å²) in [7, 11) is 0. The Bertz CT molecular complexity index is 872. The molecule has 0 radical (unpaired) electrons. The van der Waals surface area contributed by atoms with Crippen LogP contribution in [-0.4, -0.2) is 35.1 Å². The van der Waals surface area contributed by atoms with Crippen LogP contribution >= 0.6 is 23.1 Å². The molecule has 0 unspecified atom stereocenters. The Balaban J connectivity index is 1.57. The largest absolute Gasteiger partial charge is 0.338 e. The predicted molar refractivity (Wildman–Crippen MR) is 106 cm³/mol. The van der Waals surface area contributed by atoms with Crippen molar-refractivity contribution in [2.45, 2.75) is 23.7 Å². The Hall–Kier alpha value is -1.85. The lowest BCUT2D eigenvalue weighted by molar-refractivity contribution is 0.0703. The molecule has 0 aliphatic carbocycles. The first-order valence-corrected chi connectivity index (χ1v) is 10.6. The van der Waals surface area contributed by atoms with E-state index < -0.39 is 0 Å². The molecule has 128 valence electrons. The molecule has 0 spiro atoms. The molecule has 2 heterocycles. The number of hydrogen-bond donors (Lipinski definition) is 0. The quantitative estimate of drug-likeness (QED) is 0.607. The summed E-state index contributed by atoms with van der Waals surface area (Å²) in [5.74, 6) is 0.493. The summed E-state index contributed by atoms with van der Waals surface area (Å²) in [4.78, 5) is 20.9. The van der Waals surface area contributed by atoms with Crippen molar-refractivity contribution in [3.63, 3.8) is 0 Å². The Morgan fingerprint density at radius 2 is 2.00 bits per heavy atom. The zero-order valence-electron chi connectivity index (χ0n) is 14.1. The van der Waals surface area contributed by atoms with Crippen molar-refractivity contribution in [1.29, 1.82) is 0 Å². The van der Waals surface area contributed by atoms with Gasteiger partial charge in [-0.2, -0.15) is 0 Å². The molecule has 2 aromatic carbocycles. The first kappa shape index (κ1) is 16.6. The van der Waals surface area contributed by atoms with Crippen LogP contribution in [-0.2, 0) is 0 Å². The average Bonchev–Trinajstić information content (AvgIpc) is 3.12. The molecule has 0 N–H and O–H groups in total. The topological polar surface area (TPSA) is 33.2 Å². The minimum atomic E-state index is 0.149. The third-order valence-electron chi connectivity index (χ3n) is 4.71. The van der Waals surface area contributed by atoms with Gasteiger partial charge < -0.3 is 4.90 Å². The molecule has 5 heteroatoms. The van der Waals surface area contributed by atoms with Gasteiger partial charge in [0.15, 0.2) is 0 Å². The smallest absolute Gasteiger partial charge is 0.255 e. The van der Waals surface area contributed by atoms with Crippen LogP contribution in [0.15, 0.2) is 53.4 Å². The van der Waals surface area contributed by atoms with Crippen molar-refractivity contribution in [3.05, 3.63) is 59.1 Å². The van der Waals surface area contributed by atoms with Crippen LogP contribution in [0.3, 0.4) is 0 Å². The van der Waals surface area contributed by atoms with E-state index in [1.165, 1.54) is 4.70 Å². The van der Waals surface area contributed by atoms with E-state index >= 15 is 0 Å². The second-order valence-electron chi connectivity index (χ2n) is 6.31. The van der Waals surface area contributed by atoms with Gasteiger partial charge in [0.1, 0.15) is 0 Å². The van der Waals surface area contributed by atoms with E-state index in [2.05, 4.69) is 18.2 Å². The monoisotopic (exact) mass is 368 g/mol. The van der Waals surface area contributed by atoms with Crippen LogP contribution < -0.4 is 0 Å². The van der Waals surface area contributed by atoms with Gasteiger partial charge in [-0.3, -0.25) is 4.79 Å². The lowest BCUT2D eigenvalue weighted by Crippen LogP contribution is -2.39. The van der Waals surface area contributed by atoms with Gasteiger partial charge in [-0.15, -0.1) is 23.1 Å². The molecule has 1 aromatic heterocycles. The normalized spacial score (nSPS) is 17.8. The standard InChI is InChI=1S/C20H20N2OS2/c1-24-17-10-4-2-8-15(17)20(23)22-12-6-7-14(13-22)19-21-16-9-3-5-11-18(16)25-19/h2-5,8-11,14H,6-7,12-13H2,1H3/t14-/m0/s1. The van der Waals surface area contributed by atoms with Crippen molar-refractivity contribution in [2.75, 3.05) is 19.3 Å². The molecule has 3 aromatic rings. The van der Waals surface area contributed by atoms with Crippen molar-refractivity contribution < 1.29 is 4.79 Å². The van der Waals surface area contributed by atoms with E-state index in [1.807, 2.05) is 41.5 Å². The number of amides is 1. The van der Waals surface area contributed by atoms with Gasteiger partial charge in [0.05, 0.1) is 20.8 Å². The van der Waals surface area contributed by atoms with Crippen molar-refractivity contribution in [3.8, 4) is 0 Å². The number of rotatable bonds is 3. The van der Waals surface area contributed by atoms with E-state index in [-0.39, 0.29) is 5.91 Å². The molecule has 1 aliphatic heterocycles. The molecule has 0 saturated carbocycles. The van der Waals surface area contributed by atoms with Gasteiger partial charge in [-0.05, 0) is 43.4 Å². The molecule has 1 aliphatic rings. The van der Waals surface area contributed by atoms with Crippen LogP contribution in [0.1, 0.15) is 34.1 Å². The summed E-state index contributed by atoms with van der Waals surface area (Å²) in [6, 6.07) is 16.2. The number of nitrogens with zero attached hydrogens (tertiary/aromatic N) is 2. The molecular formula is C20H20N2OS2. The number of para-hydroxylation sites is 1. The van der Waals surface area contributed by atoms with Crippen molar-refractivity contribution in [2.24, 2.45) is 0 Å². The summed E-state index contributed by atoms with van der Waals surface area (Å²) in [5, 5.41) is 1.16. The van der Waals surface area contributed by atoms with E-state index in [0.717, 1.165) is 46.9 Å². The number of carbonyl (C=O) groups excluding carboxylic acids is 1. The lowest BCUT2D eigenvalue weighted by atomic mass is 9.98. The Morgan fingerprint density at radius 1 is 1.20 bits per heavy atom. The SMILES string of the molecule is CSc1ccccc1C(=O)N1CCC[C@H](c2nc3ccccc3s2)C1. The molecule has 1 fully saturated rings. The molecule has 4 rings (SSSR count). The molecular weight excluding hydrogens is 348 g/mol. The minimum absolute atomic E-state index is 0.149. The Kier molecular flexibility index (Phi) is 4.77. The summed E-state index contributed by atoms with van der Waals surface area (Å²) in [6.45, 7) is 1.60. The summed E-state index contributed by atoms with van der Waals surface area (Å²) in [5.41, 5.74) is 1.89. The maximum Gasteiger partial charge on any atom is 0.255 e. The summed E-state index contributed by atoms with van der Waals surface area (Å²) in [6.07, 6.45) is 4.16. The fraction of sp³-hybridized carbons (Fsp3) is 0.300.